The quantitative estimate of drug-likeness (QED) is 0.452. The zero-order chi connectivity index (χ0) is 12.3. The van der Waals surface area contributed by atoms with Crippen LogP contribution in [0.5, 0.6) is 0 Å². The Balaban J connectivity index is 0. The summed E-state index contributed by atoms with van der Waals surface area (Å²) in [6.07, 6.45) is 0. The molecule has 0 saturated carbocycles. The van der Waals surface area contributed by atoms with Crippen molar-refractivity contribution < 1.29 is 24.5 Å². The van der Waals surface area contributed by atoms with E-state index in [9.17, 15) is 0 Å². The Kier molecular flexibility index (Phi) is 12.0. The maximum atomic E-state index is 7.17. The Morgan fingerprint density at radius 1 is 1.00 bits per heavy atom. The Hall–Kier alpha value is -0.135. The molecule has 15 heavy (non-hydrogen) atoms. The summed E-state index contributed by atoms with van der Waals surface area (Å²) in [5, 5.41) is 21.5. The standard InChI is InChI=1S/C9H20O2.BH3O3/c1-5-10-6-7-11-8-9(2,3)4;2-1(3)4/h5-8H2,1-4H3;2-4H. The zero-order valence-corrected chi connectivity index (χ0v) is 10.1. The molecule has 0 rings (SSSR count). The van der Waals surface area contributed by atoms with Gasteiger partial charge in [0.15, 0.2) is 0 Å². The lowest BCUT2D eigenvalue weighted by atomic mass is 9.99. The molecule has 0 amide bonds. The van der Waals surface area contributed by atoms with Crippen LogP contribution in [0.3, 0.4) is 0 Å². The van der Waals surface area contributed by atoms with Crippen molar-refractivity contribution in [2.45, 2.75) is 27.7 Å². The maximum Gasteiger partial charge on any atom is 0.631 e. The molecule has 0 aliphatic heterocycles. The Morgan fingerprint density at radius 2 is 1.40 bits per heavy atom. The molecule has 0 unspecified atom stereocenters. The molecule has 5 nitrogen and oxygen atoms in total. The van der Waals surface area contributed by atoms with Crippen LogP contribution in [0.25, 0.3) is 0 Å². The van der Waals surface area contributed by atoms with Gasteiger partial charge in [0, 0.05) is 6.61 Å². The first-order chi connectivity index (χ1) is 6.79. The van der Waals surface area contributed by atoms with Gasteiger partial charge in [0.1, 0.15) is 0 Å². The number of hydrogen-bond acceptors (Lipinski definition) is 5. The summed E-state index contributed by atoms with van der Waals surface area (Å²) in [6.45, 7) is 11.5. The van der Waals surface area contributed by atoms with Gasteiger partial charge in [-0.3, -0.25) is 0 Å². The third-order valence-corrected chi connectivity index (χ3v) is 1.11. The van der Waals surface area contributed by atoms with E-state index in [4.69, 9.17) is 24.5 Å². The fraction of sp³-hybridized carbons (Fsp3) is 1.00. The average Bonchev–Trinajstić information content (AvgIpc) is 2.01. The minimum atomic E-state index is -2.17. The number of hydrogen-bond donors (Lipinski definition) is 3. The first-order valence-electron chi connectivity index (χ1n) is 4.99. The third-order valence-electron chi connectivity index (χ3n) is 1.11. The molecule has 6 heteroatoms. The molecular formula is C9H23BO5. The van der Waals surface area contributed by atoms with Gasteiger partial charge in [0.05, 0.1) is 19.8 Å². The van der Waals surface area contributed by atoms with Crippen molar-refractivity contribution in [2.75, 3.05) is 26.4 Å². The van der Waals surface area contributed by atoms with E-state index >= 15 is 0 Å². The largest absolute Gasteiger partial charge is 0.631 e. The lowest BCUT2D eigenvalue weighted by Crippen LogP contribution is -2.16. The van der Waals surface area contributed by atoms with Crippen LogP contribution in [0, 0.1) is 5.41 Å². The first-order valence-corrected chi connectivity index (χ1v) is 4.99. The van der Waals surface area contributed by atoms with Crippen LogP contribution in [0.15, 0.2) is 0 Å². The second-order valence-electron chi connectivity index (χ2n) is 4.16. The molecule has 0 aromatic rings. The van der Waals surface area contributed by atoms with Crippen LogP contribution < -0.4 is 0 Å². The van der Waals surface area contributed by atoms with Gasteiger partial charge in [-0.05, 0) is 12.3 Å². The molecule has 0 saturated heterocycles. The minimum absolute atomic E-state index is 0.270. The Bertz CT molecular complexity index is 121. The molecule has 0 aliphatic rings. The highest BCUT2D eigenvalue weighted by molar-refractivity contribution is 6.30. The average molecular weight is 222 g/mol. The normalized spacial score (nSPS) is 10.6. The number of ether oxygens (including phenoxy) is 2. The van der Waals surface area contributed by atoms with E-state index in [0.29, 0.717) is 13.2 Å². The molecule has 92 valence electrons. The van der Waals surface area contributed by atoms with Gasteiger partial charge < -0.3 is 24.5 Å². The summed E-state index contributed by atoms with van der Waals surface area (Å²) in [5.41, 5.74) is 0.270. The molecule has 0 heterocycles. The van der Waals surface area contributed by atoms with Crippen LogP contribution in [0.4, 0.5) is 0 Å². The smallest absolute Gasteiger partial charge is 0.402 e. The van der Waals surface area contributed by atoms with Crippen LogP contribution in [0.1, 0.15) is 27.7 Å². The highest BCUT2D eigenvalue weighted by Crippen LogP contribution is 2.12. The molecule has 0 aliphatic carbocycles. The van der Waals surface area contributed by atoms with Crippen LogP contribution in [-0.2, 0) is 9.47 Å². The Morgan fingerprint density at radius 3 is 1.73 bits per heavy atom. The molecule has 0 fully saturated rings. The van der Waals surface area contributed by atoms with Crippen LogP contribution in [-0.4, -0.2) is 48.8 Å². The number of rotatable bonds is 5. The molecule has 3 N–H and O–H groups in total. The minimum Gasteiger partial charge on any atom is -0.402 e. The summed E-state index contributed by atoms with van der Waals surface area (Å²) in [7, 11) is -2.17. The van der Waals surface area contributed by atoms with Crippen molar-refractivity contribution in [3.63, 3.8) is 0 Å². The highest BCUT2D eigenvalue weighted by Gasteiger charge is 2.09. The highest BCUT2D eigenvalue weighted by atomic mass is 16.5. The van der Waals surface area contributed by atoms with Gasteiger partial charge >= 0.3 is 7.32 Å². The lowest BCUT2D eigenvalue weighted by Gasteiger charge is -2.17. The van der Waals surface area contributed by atoms with Gasteiger partial charge in [-0.2, -0.15) is 0 Å². The van der Waals surface area contributed by atoms with E-state index in [2.05, 4.69) is 20.8 Å². The van der Waals surface area contributed by atoms with Gasteiger partial charge in [0.2, 0.25) is 0 Å². The van der Waals surface area contributed by atoms with E-state index in [1.807, 2.05) is 6.92 Å². The van der Waals surface area contributed by atoms with E-state index in [1.165, 1.54) is 0 Å². The molecule has 0 radical (unpaired) electrons. The van der Waals surface area contributed by atoms with Gasteiger partial charge in [-0.15, -0.1) is 0 Å². The molecular weight excluding hydrogens is 199 g/mol. The van der Waals surface area contributed by atoms with Crippen molar-refractivity contribution >= 4 is 7.32 Å². The zero-order valence-electron chi connectivity index (χ0n) is 10.1. The lowest BCUT2D eigenvalue weighted by molar-refractivity contribution is 0.0227. The van der Waals surface area contributed by atoms with E-state index < -0.39 is 7.32 Å². The SMILES string of the molecule is CCOCCOCC(C)(C)C.OB(O)O. The van der Waals surface area contributed by atoms with Crippen molar-refractivity contribution in [3.8, 4) is 0 Å². The summed E-state index contributed by atoms with van der Waals surface area (Å²) in [4.78, 5) is 0. The molecule has 0 aromatic heterocycles. The summed E-state index contributed by atoms with van der Waals surface area (Å²) in [5.74, 6) is 0. The van der Waals surface area contributed by atoms with Gasteiger partial charge in [0.25, 0.3) is 0 Å². The summed E-state index contributed by atoms with van der Waals surface area (Å²) < 4.78 is 10.5. The van der Waals surface area contributed by atoms with Crippen LogP contribution >= 0.6 is 0 Å². The fourth-order valence-corrected chi connectivity index (χ4v) is 0.641. The summed E-state index contributed by atoms with van der Waals surface area (Å²) in [6, 6.07) is 0. The topological polar surface area (TPSA) is 79.2 Å². The third kappa shape index (κ3) is 31.6. The summed E-state index contributed by atoms with van der Waals surface area (Å²) >= 11 is 0. The van der Waals surface area contributed by atoms with E-state index in [-0.39, 0.29) is 5.41 Å². The molecule has 0 aromatic carbocycles. The van der Waals surface area contributed by atoms with Crippen molar-refractivity contribution in [3.05, 3.63) is 0 Å². The monoisotopic (exact) mass is 222 g/mol. The van der Waals surface area contributed by atoms with Gasteiger partial charge in [-0.25, -0.2) is 0 Å². The van der Waals surface area contributed by atoms with Gasteiger partial charge in [-0.1, -0.05) is 20.8 Å². The second kappa shape index (κ2) is 10.4. The van der Waals surface area contributed by atoms with Crippen LogP contribution in [0.2, 0.25) is 0 Å². The first kappa shape index (κ1) is 17.3. The fourth-order valence-electron chi connectivity index (χ4n) is 0.641. The predicted molar refractivity (Wildman–Crippen MR) is 59.2 cm³/mol. The van der Waals surface area contributed by atoms with Crippen molar-refractivity contribution in [2.24, 2.45) is 5.41 Å². The maximum absolute atomic E-state index is 7.17. The Labute approximate surface area is 92.2 Å². The van der Waals surface area contributed by atoms with E-state index in [1.54, 1.807) is 0 Å². The van der Waals surface area contributed by atoms with Crippen molar-refractivity contribution in [1.29, 1.82) is 0 Å². The van der Waals surface area contributed by atoms with Crippen molar-refractivity contribution in [1.82, 2.24) is 0 Å². The molecule has 0 bridgehead atoms. The second-order valence-corrected chi connectivity index (χ2v) is 4.16. The molecule has 0 atom stereocenters. The molecule has 0 spiro atoms. The predicted octanol–water partition coefficient (Wildman–Crippen LogP) is 0.0338. The van der Waals surface area contributed by atoms with E-state index in [0.717, 1.165) is 13.2 Å².